The molecule has 0 atom stereocenters. The third kappa shape index (κ3) is 5.07. The number of carbonyl (C=O) groups is 2. The summed E-state index contributed by atoms with van der Waals surface area (Å²) in [6.45, 7) is 0.0260. The van der Waals surface area contributed by atoms with Gasteiger partial charge >= 0.3 is 11.7 Å². The molecule has 34 heavy (non-hydrogen) atoms. The van der Waals surface area contributed by atoms with Gasteiger partial charge in [-0.25, -0.2) is 9.78 Å². The lowest BCUT2D eigenvalue weighted by atomic mass is 9.95. The molecule has 1 fully saturated rings. The number of nitrogens with one attached hydrogen (secondary N) is 1. The lowest BCUT2D eigenvalue weighted by molar-refractivity contribution is -0.145. The Bertz CT molecular complexity index is 1310. The van der Waals surface area contributed by atoms with Gasteiger partial charge in [0.25, 0.3) is 5.56 Å². The smallest absolute Gasteiger partial charge is 0.332 e. The first-order valence-corrected chi connectivity index (χ1v) is 11.3. The van der Waals surface area contributed by atoms with Crippen LogP contribution in [0.5, 0.6) is 0 Å². The van der Waals surface area contributed by atoms with Crippen LogP contribution in [-0.4, -0.2) is 51.6 Å². The van der Waals surface area contributed by atoms with Crippen LogP contribution in [-0.2, 0) is 48.1 Å². The summed E-state index contributed by atoms with van der Waals surface area (Å²) in [7, 11) is 2.87. The molecule has 1 N–H and O–H groups in total. The second-order valence-corrected chi connectivity index (χ2v) is 8.54. The molecule has 0 aliphatic heterocycles. The highest BCUT2D eigenvalue weighted by Crippen LogP contribution is 2.17. The Morgan fingerprint density at radius 2 is 1.91 bits per heavy atom. The minimum atomic E-state index is -0.600. The summed E-state index contributed by atoms with van der Waals surface area (Å²) in [6.07, 6.45) is 8.85. The summed E-state index contributed by atoms with van der Waals surface area (Å²) < 4.78 is 10.3. The summed E-state index contributed by atoms with van der Waals surface area (Å²) >= 11 is 0. The lowest BCUT2D eigenvalue weighted by Crippen LogP contribution is -2.37. The molecule has 0 radical (unpaired) electrons. The van der Waals surface area contributed by atoms with Crippen LogP contribution in [0.25, 0.3) is 11.2 Å². The number of amides is 1. The number of carbonyl (C=O) groups excluding carboxylic acids is 2. The number of ether oxygens (including phenoxy) is 1. The maximum Gasteiger partial charge on any atom is 0.332 e. The molecule has 0 bridgehead atoms. The summed E-state index contributed by atoms with van der Waals surface area (Å²) in [6, 6.07) is 0.268. The van der Waals surface area contributed by atoms with Gasteiger partial charge in [-0.05, 0) is 12.8 Å². The van der Waals surface area contributed by atoms with Crippen molar-refractivity contribution in [2.24, 2.45) is 14.1 Å². The zero-order valence-electron chi connectivity index (χ0n) is 19.3. The van der Waals surface area contributed by atoms with Crippen molar-refractivity contribution in [1.29, 1.82) is 0 Å². The van der Waals surface area contributed by atoms with E-state index in [4.69, 9.17) is 4.74 Å². The van der Waals surface area contributed by atoms with E-state index >= 15 is 0 Å². The number of aryl methyl sites for hydroxylation is 2. The van der Waals surface area contributed by atoms with Gasteiger partial charge in [-0.15, -0.1) is 5.10 Å². The van der Waals surface area contributed by atoms with Gasteiger partial charge in [0.2, 0.25) is 5.91 Å². The SMILES string of the molecule is Cn1c(=O)c2c(ncn2CC(=O)OCc2cn(CCC(=O)NC3CCCCC3)nn2)n(C)c1=O. The van der Waals surface area contributed by atoms with Gasteiger partial charge in [0.05, 0.1) is 19.1 Å². The van der Waals surface area contributed by atoms with Crippen molar-refractivity contribution in [2.75, 3.05) is 0 Å². The number of hydrogen-bond acceptors (Lipinski definition) is 8. The maximum absolute atomic E-state index is 12.5. The van der Waals surface area contributed by atoms with Gasteiger partial charge in [0.1, 0.15) is 18.8 Å². The Balaban J connectivity index is 1.28. The minimum absolute atomic E-state index is 0.00780. The van der Waals surface area contributed by atoms with Crippen molar-refractivity contribution in [3.8, 4) is 0 Å². The fraction of sp³-hybridized carbons (Fsp3) is 0.571. The normalized spacial score (nSPS) is 14.4. The molecule has 0 unspecified atom stereocenters. The van der Waals surface area contributed by atoms with Gasteiger partial charge in [-0.2, -0.15) is 0 Å². The number of hydrogen-bond donors (Lipinski definition) is 1. The molecule has 1 amide bonds. The van der Waals surface area contributed by atoms with Gasteiger partial charge in [-0.1, -0.05) is 24.5 Å². The van der Waals surface area contributed by atoms with Crippen LogP contribution in [0.2, 0.25) is 0 Å². The van der Waals surface area contributed by atoms with Crippen LogP contribution < -0.4 is 16.6 Å². The zero-order chi connectivity index (χ0) is 24.2. The molecule has 13 heteroatoms. The number of fused-ring (bicyclic) bond motifs is 1. The fourth-order valence-electron chi connectivity index (χ4n) is 4.13. The van der Waals surface area contributed by atoms with Crippen molar-refractivity contribution < 1.29 is 14.3 Å². The highest BCUT2D eigenvalue weighted by molar-refractivity contribution is 5.76. The number of rotatable bonds is 8. The molecule has 3 heterocycles. The van der Waals surface area contributed by atoms with Crippen LogP contribution in [0.1, 0.15) is 44.2 Å². The third-order valence-corrected chi connectivity index (χ3v) is 6.02. The van der Waals surface area contributed by atoms with E-state index in [9.17, 15) is 19.2 Å². The van der Waals surface area contributed by atoms with Crippen LogP contribution in [0.15, 0.2) is 22.1 Å². The number of esters is 1. The average Bonchev–Trinajstić information content (AvgIpc) is 3.46. The van der Waals surface area contributed by atoms with E-state index in [0.29, 0.717) is 18.7 Å². The Labute approximate surface area is 194 Å². The van der Waals surface area contributed by atoms with Crippen molar-refractivity contribution in [2.45, 2.75) is 64.3 Å². The second kappa shape index (κ2) is 10.0. The highest BCUT2D eigenvalue weighted by Gasteiger charge is 2.18. The average molecular weight is 473 g/mol. The molecule has 182 valence electrons. The summed E-state index contributed by atoms with van der Waals surface area (Å²) in [5.41, 5.74) is -0.274. The molecule has 13 nitrogen and oxygen atoms in total. The van der Waals surface area contributed by atoms with Crippen LogP contribution in [0.3, 0.4) is 0 Å². The number of aromatic nitrogens is 7. The maximum atomic E-state index is 12.5. The van der Waals surface area contributed by atoms with E-state index in [2.05, 4.69) is 20.6 Å². The van der Waals surface area contributed by atoms with Gasteiger partial charge in [0, 0.05) is 26.6 Å². The molecular weight excluding hydrogens is 444 g/mol. The Hall–Kier alpha value is -3.77. The minimum Gasteiger partial charge on any atom is -0.458 e. The molecular formula is C21H28N8O5. The highest BCUT2D eigenvalue weighted by atomic mass is 16.5. The summed E-state index contributed by atoms with van der Waals surface area (Å²) in [5, 5.41) is 11.0. The van der Waals surface area contributed by atoms with Crippen molar-refractivity contribution in [3.63, 3.8) is 0 Å². The zero-order valence-corrected chi connectivity index (χ0v) is 19.3. The standard InChI is InChI=1S/C21H28N8O5/c1-26-19-18(20(32)27(2)21(26)33)28(13-22-19)11-17(31)34-12-15-10-29(25-24-15)9-8-16(30)23-14-6-4-3-5-7-14/h10,13-14H,3-9,11-12H2,1-2H3,(H,23,30). The van der Waals surface area contributed by atoms with E-state index in [-0.39, 0.29) is 36.3 Å². The van der Waals surface area contributed by atoms with Crippen molar-refractivity contribution >= 4 is 23.0 Å². The Morgan fingerprint density at radius 1 is 1.15 bits per heavy atom. The van der Waals surface area contributed by atoms with E-state index in [1.165, 1.54) is 40.7 Å². The number of nitrogens with zero attached hydrogens (tertiary/aromatic N) is 7. The first kappa shape index (κ1) is 23.4. The molecule has 3 aromatic rings. The van der Waals surface area contributed by atoms with Crippen LogP contribution in [0.4, 0.5) is 0 Å². The topological polar surface area (TPSA) is 148 Å². The predicted molar refractivity (Wildman–Crippen MR) is 120 cm³/mol. The van der Waals surface area contributed by atoms with E-state index in [1.54, 1.807) is 6.20 Å². The van der Waals surface area contributed by atoms with Crippen LogP contribution in [0, 0.1) is 0 Å². The fourth-order valence-corrected chi connectivity index (χ4v) is 4.13. The Morgan fingerprint density at radius 3 is 2.68 bits per heavy atom. The molecule has 0 saturated heterocycles. The molecule has 1 aliphatic rings. The van der Waals surface area contributed by atoms with Gasteiger partial charge in [0.15, 0.2) is 11.2 Å². The van der Waals surface area contributed by atoms with E-state index < -0.39 is 17.2 Å². The van der Waals surface area contributed by atoms with Crippen molar-refractivity contribution in [1.82, 2.24) is 39.0 Å². The lowest BCUT2D eigenvalue weighted by Gasteiger charge is -2.22. The van der Waals surface area contributed by atoms with Crippen molar-refractivity contribution in [3.05, 3.63) is 39.1 Å². The third-order valence-electron chi connectivity index (χ3n) is 6.02. The molecule has 3 aromatic heterocycles. The first-order chi connectivity index (χ1) is 16.3. The summed E-state index contributed by atoms with van der Waals surface area (Å²) in [4.78, 5) is 53.0. The number of imidazole rings is 1. The molecule has 4 rings (SSSR count). The Kier molecular flexibility index (Phi) is 6.89. The molecule has 0 spiro atoms. The summed E-state index contributed by atoms with van der Waals surface area (Å²) in [5.74, 6) is -0.608. The first-order valence-electron chi connectivity index (χ1n) is 11.3. The molecule has 1 saturated carbocycles. The van der Waals surface area contributed by atoms with E-state index in [1.807, 2.05) is 0 Å². The molecule has 0 aromatic carbocycles. The van der Waals surface area contributed by atoms with Gasteiger partial charge < -0.3 is 14.6 Å². The van der Waals surface area contributed by atoms with Crippen LogP contribution >= 0.6 is 0 Å². The predicted octanol–water partition coefficient (Wildman–Crippen LogP) is -0.392. The second-order valence-electron chi connectivity index (χ2n) is 8.54. The quantitative estimate of drug-likeness (QED) is 0.436. The van der Waals surface area contributed by atoms with E-state index in [0.717, 1.165) is 30.3 Å². The monoisotopic (exact) mass is 472 g/mol. The largest absolute Gasteiger partial charge is 0.458 e. The molecule has 1 aliphatic carbocycles. The van der Waals surface area contributed by atoms with Gasteiger partial charge in [-0.3, -0.25) is 28.2 Å².